The summed E-state index contributed by atoms with van der Waals surface area (Å²) >= 11 is 3.36. The van der Waals surface area contributed by atoms with Gasteiger partial charge in [-0.3, -0.25) is 0 Å². The van der Waals surface area contributed by atoms with Crippen molar-refractivity contribution >= 4 is 44.2 Å². The fourth-order valence-corrected chi connectivity index (χ4v) is 7.46. The van der Waals surface area contributed by atoms with Crippen molar-refractivity contribution in [1.29, 1.82) is 0 Å². The largest absolute Gasteiger partial charge is 0.245 e. The van der Waals surface area contributed by atoms with Gasteiger partial charge in [0, 0.05) is 34.3 Å². The van der Waals surface area contributed by atoms with Crippen molar-refractivity contribution in [2.45, 2.75) is 6.42 Å². The Morgan fingerprint density at radius 1 is 0.419 bits per heavy atom. The van der Waals surface area contributed by atoms with Crippen LogP contribution in [-0.4, -0.2) is 9.97 Å². The van der Waals surface area contributed by atoms with E-state index in [0.29, 0.717) is 0 Å². The second-order valence-electron chi connectivity index (χ2n) is 10.7. The van der Waals surface area contributed by atoms with Crippen LogP contribution in [0.1, 0.15) is 11.1 Å². The Morgan fingerprint density at radius 3 is 1.53 bits per heavy atom. The van der Waals surface area contributed by atoms with E-state index < -0.39 is 0 Å². The number of nitrogens with zero attached hydrogens (tertiary/aromatic N) is 2. The average Bonchev–Trinajstić information content (AvgIpc) is 3.80. The van der Waals surface area contributed by atoms with E-state index in [2.05, 4.69) is 132 Å². The minimum atomic E-state index is 0.823. The summed E-state index contributed by atoms with van der Waals surface area (Å²) in [6.45, 7) is 0. The van der Waals surface area contributed by atoms with Crippen LogP contribution in [0.5, 0.6) is 0 Å². The number of fused-ring (bicyclic) bond motifs is 2. The maximum Gasteiger partial charge on any atom is 0.123 e. The van der Waals surface area contributed by atoms with Gasteiger partial charge in [-0.2, -0.15) is 0 Å². The van der Waals surface area contributed by atoms with Crippen molar-refractivity contribution in [3.05, 3.63) is 156 Å². The molecule has 0 aliphatic rings. The van der Waals surface area contributed by atoms with Crippen molar-refractivity contribution < 1.29 is 0 Å². The lowest BCUT2D eigenvalue weighted by Crippen LogP contribution is -1.94. The zero-order valence-electron chi connectivity index (χ0n) is 23.3. The molecule has 43 heavy (non-hydrogen) atoms. The highest BCUT2D eigenvalue weighted by Crippen LogP contribution is 2.44. The van der Waals surface area contributed by atoms with Gasteiger partial charge in [0.15, 0.2) is 0 Å². The SMILES string of the molecule is c1ccc(-c2c3ccccc3c(-c3cc(Cc4cccc(-c5nccs5)c4)cc(-c4nccs4)c3)c3ccccc23)cc1. The molecule has 0 saturated carbocycles. The first-order valence-electron chi connectivity index (χ1n) is 14.3. The highest BCUT2D eigenvalue weighted by atomic mass is 32.1. The Labute approximate surface area is 258 Å². The average molecular weight is 587 g/mol. The van der Waals surface area contributed by atoms with Crippen molar-refractivity contribution in [2.75, 3.05) is 0 Å². The summed E-state index contributed by atoms with van der Waals surface area (Å²) in [6, 6.07) is 44.3. The zero-order chi connectivity index (χ0) is 28.6. The van der Waals surface area contributed by atoms with Gasteiger partial charge in [-0.15, -0.1) is 22.7 Å². The van der Waals surface area contributed by atoms with Gasteiger partial charge < -0.3 is 0 Å². The van der Waals surface area contributed by atoms with E-state index in [1.54, 1.807) is 22.7 Å². The predicted octanol–water partition coefficient (Wildman–Crippen LogP) is 11.2. The van der Waals surface area contributed by atoms with Crippen LogP contribution < -0.4 is 0 Å². The molecule has 0 unspecified atom stereocenters. The summed E-state index contributed by atoms with van der Waals surface area (Å²) in [5.74, 6) is 0. The molecule has 2 nitrogen and oxygen atoms in total. The molecule has 2 aromatic heterocycles. The van der Waals surface area contributed by atoms with E-state index in [-0.39, 0.29) is 0 Å². The van der Waals surface area contributed by atoms with E-state index in [1.807, 2.05) is 17.8 Å². The topological polar surface area (TPSA) is 25.8 Å². The van der Waals surface area contributed by atoms with Crippen LogP contribution in [0.25, 0.3) is 64.9 Å². The highest BCUT2D eigenvalue weighted by Gasteiger charge is 2.18. The van der Waals surface area contributed by atoms with Gasteiger partial charge in [-0.1, -0.05) is 103 Å². The third-order valence-electron chi connectivity index (χ3n) is 7.97. The summed E-state index contributed by atoms with van der Waals surface area (Å²) in [6.07, 6.45) is 4.58. The highest BCUT2D eigenvalue weighted by molar-refractivity contribution is 7.13. The minimum absolute atomic E-state index is 0.823. The Balaban J connectivity index is 1.36. The number of thiazole rings is 2. The van der Waals surface area contributed by atoms with Crippen LogP contribution in [0.4, 0.5) is 0 Å². The Bertz CT molecular complexity index is 2140. The summed E-state index contributed by atoms with van der Waals surface area (Å²) in [5.41, 5.74) is 9.84. The van der Waals surface area contributed by atoms with Crippen LogP contribution in [0.15, 0.2) is 144 Å². The summed E-state index contributed by atoms with van der Waals surface area (Å²) in [5, 5.41) is 11.2. The molecule has 0 saturated heterocycles. The van der Waals surface area contributed by atoms with Crippen molar-refractivity contribution in [2.24, 2.45) is 0 Å². The molecular formula is C39H26N2S2. The lowest BCUT2D eigenvalue weighted by molar-refractivity contribution is 1.19. The van der Waals surface area contributed by atoms with Crippen molar-refractivity contribution in [3.63, 3.8) is 0 Å². The Hall–Kier alpha value is -4.90. The first-order chi connectivity index (χ1) is 21.3. The molecule has 2 heterocycles. The van der Waals surface area contributed by atoms with Gasteiger partial charge in [-0.05, 0) is 79.5 Å². The third-order valence-corrected chi connectivity index (χ3v) is 9.61. The van der Waals surface area contributed by atoms with Gasteiger partial charge in [0.1, 0.15) is 10.0 Å². The summed E-state index contributed by atoms with van der Waals surface area (Å²) < 4.78 is 0. The van der Waals surface area contributed by atoms with Gasteiger partial charge in [0.2, 0.25) is 0 Å². The Kier molecular flexibility index (Phi) is 6.63. The van der Waals surface area contributed by atoms with E-state index >= 15 is 0 Å². The molecule has 0 bridgehead atoms. The number of hydrogen-bond acceptors (Lipinski definition) is 4. The maximum absolute atomic E-state index is 4.71. The van der Waals surface area contributed by atoms with Gasteiger partial charge >= 0.3 is 0 Å². The van der Waals surface area contributed by atoms with E-state index in [0.717, 1.165) is 27.6 Å². The van der Waals surface area contributed by atoms with Crippen LogP contribution in [0.3, 0.4) is 0 Å². The first kappa shape index (κ1) is 25.8. The fourth-order valence-electron chi connectivity index (χ4n) is 6.20. The van der Waals surface area contributed by atoms with Gasteiger partial charge in [-0.25, -0.2) is 9.97 Å². The van der Waals surface area contributed by atoms with E-state index in [4.69, 9.17) is 4.98 Å². The minimum Gasteiger partial charge on any atom is -0.245 e. The second kappa shape index (κ2) is 11.1. The normalized spacial score (nSPS) is 11.3. The molecule has 6 aromatic carbocycles. The lowest BCUT2D eigenvalue weighted by atomic mass is 9.85. The van der Waals surface area contributed by atoms with E-state index in [1.165, 1.54) is 54.9 Å². The van der Waals surface area contributed by atoms with Crippen LogP contribution in [0, 0.1) is 0 Å². The quantitative estimate of drug-likeness (QED) is 0.181. The van der Waals surface area contributed by atoms with Crippen LogP contribution >= 0.6 is 22.7 Å². The molecule has 0 atom stereocenters. The van der Waals surface area contributed by atoms with Crippen LogP contribution in [0.2, 0.25) is 0 Å². The smallest absolute Gasteiger partial charge is 0.123 e. The molecule has 8 aromatic rings. The molecule has 0 radical (unpaired) electrons. The summed E-state index contributed by atoms with van der Waals surface area (Å²) in [4.78, 5) is 9.24. The molecule has 0 N–H and O–H groups in total. The number of hydrogen-bond donors (Lipinski definition) is 0. The molecule has 0 spiro atoms. The molecule has 0 amide bonds. The molecule has 0 aliphatic heterocycles. The lowest BCUT2D eigenvalue weighted by Gasteiger charge is -2.19. The molecular weight excluding hydrogens is 561 g/mol. The molecule has 4 heteroatoms. The number of benzene rings is 6. The van der Waals surface area contributed by atoms with Gasteiger partial charge in [0.05, 0.1) is 0 Å². The fraction of sp³-hybridized carbons (Fsp3) is 0.0256. The standard InChI is InChI=1S/C39H26N2S2/c1-2-10-28(11-3-1)36-32-13-4-6-15-34(32)37(35-16-7-5-14-33(35)36)30-23-27(24-31(25-30)39-41-18-20-43-39)21-26-9-8-12-29(22-26)38-40-17-19-42-38/h1-20,22-25H,21H2. The molecule has 204 valence electrons. The monoisotopic (exact) mass is 586 g/mol. The predicted molar refractivity (Wildman–Crippen MR) is 184 cm³/mol. The second-order valence-corrected chi connectivity index (χ2v) is 12.5. The molecule has 0 fully saturated rings. The molecule has 8 rings (SSSR count). The zero-order valence-corrected chi connectivity index (χ0v) is 24.9. The van der Waals surface area contributed by atoms with Gasteiger partial charge in [0.25, 0.3) is 0 Å². The third kappa shape index (κ3) is 4.85. The molecule has 0 aliphatic carbocycles. The summed E-state index contributed by atoms with van der Waals surface area (Å²) in [7, 11) is 0. The number of rotatable bonds is 6. The van der Waals surface area contributed by atoms with Crippen molar-refractivity contribution in [3.8, 4) is 43.4 Å². The van der Waals surface area contributed by atoms with Crippen molar-refractivity contribution in [1.82, 2.24) is 9.97 Å². The Morgan fingerprint density at radius 2 is 0.930 bits per heavy atom. The van der Waals surface area contributed by atoms with Crippen LogP contribution in [-0.2, 0) is 6.42 Å². The number of aromatic nitrogens is 2. The van der Waals surface area contributed by atoms with E-state index in [9.17, 15) is 0 Å². The maximum atomic E-state index is 4.71. The first-order valence-corrected chi connectivity index (χ1v) is 16.1.